The molecule has 3 aliphatic rings. The van der Waals surface area contributed by atoms with Crippen molar-refractivity contribution in [1.82, 2.24) is 10.2 Å². The molecule has 5 heteroatoms. The Labute approximate surface area is 112 Å². The van der Waals surface area contributed by atoms with Crippen LogP contribution in [0, 0.1) is 0 Å². The molecular weight excluding hydrogens is 242 g/mol. The summed E-state index contributed by atoms with van der Waals surface area (Å²) in [5, 5.41) is 24.2. The van der Waals surface area contributed by atoms with Crippen LogP contribution in [-0.4, -0.2) is 52.3 Å². The third kappa shape index (κ3) is 2.36. The molecule has 3 aliphatic heterocycles. The van der Waals surface area contributed by atoms with Gasteiger partial charge in [-0.15, -0.1) is 0 Å². The first kappa shape index (κ1) is 12.6. The van der Waals surface area contributed by atoms with Crippen molar-refractivity contribution in [3.63, 3.8) is 0 Å². The number of hydrogen-bond acceptors (Lipinski definition) is 5. The average molecular weight is 261 g/mol. The Kier molecular flexibility index (Phi) is 3.26. The lowest BCUT2D eigenvalue weighted by molar-refractivity contribution is -0.0776. The van der Waals surface area contributed by atoms with Crippen molar-refractivity contribution < 1.29 is 10.2 Å². The van der Waals surface area contributed by atoms with E-state index in [0.29, 0.717) is 19.4 Å². The zero-order chi connectivity index (χ0) is 13.3. The Morgan fingerprint density at radius 3 is 2.89 bits per heavy atom. The molecule has 0 bridgehead atoms. The van der Waals surface area contributed by atoms with E-state index < -0.39 is 11.7 Å². The molecule has 0 aromatic carbocycles. The van der Waals surface area contributed by atoms with Gasteiger partial charge >= 0.3 is 0 Å². The number of nitrogens with one attached hydrogen (secondary N) is 1. The maximum atomic E-state index is 10.6. The molecule has 3 N–H and O–H groups in total. The Morgan fingerprint density at radius 1 is 1.32 bits per heavy atom. The second-order valence-electron chi connectivity index (χ2n) is 5.28. The van der Waals surface area contributed by atoms with Crippen LogP contribution in [0.15, 0.2) is 41.2 Å². The summed E-state index contributed by atoms with van der Waals surface area (Å²) < 4.78 is 0. The Hall–Kier alpha value is -1.43. The maximum Gasteiger partial charge on any atom is 0.132 e. The quantitative estimate of drug-likeness (QED) is 0.661. The molecule has 102 valence electrons. The molecule has 0 spiro atoms. The first-order valence-electron chi connectivity index (χ1n) is 6.68. The van der Waals surface area contributed by atoms with E-state index in [1.54, 1.807) is 6.20 Å². The van der Waals surface area contributed by atoms with E-state index in [2.05, 4.69) is 10.3 Å². The average Bonchev–Trinajstić information content (AvgIpc) is 2.47. The Bertz CT molecular complexity index is 473. The van der Waals surface area contributed by atoms with Crippen molar-refractivity contribution in [2.24, 2.45) is 4.99 Å². The summed E-state index contributed by atoms with van der Waals surface area (Å²) in [4.78, 5) is 6.31. The largest absolute Gasteiger partial charge is 0.387 e. The van der Waals surface area contributed by atoms with Gasteiger partial charge in [-0.1, -0.05) is 6.08 Å². The molecule has 0 aromatic heterocycles. The second kappa shape index (κ2) is 4.92. The number of nitrogens with zero attached hydrogens (tertiary/aromatic N) is 2. The molecule has 0 amide bonds. The summed E-state index contributed by atoms with van der Waals surface area (Å²) in [6.07, 6.45) is 9.72. The fraction of sp³-hybridized carbons (Fsp3) is 0.500. The zero-order valence-corrected chi connectivity index (χ0v) is 10.8. The number of aliphatic imine (C=N–C) groups is 1. The smallest absolute Gasteiger partial charge is 0.132 e. The molecule has 3 heterocycles. The van der Waals surface area contributed by atoms with E-state index in [9.17, 15) is 10.2 Å². The van der Waals surface area contributed by atoms with E-state index in [1.165, 1.54) is 0 Å². The van der Waals surface area contributed by atoms with Crippen LogP contribution in [0.1, 0.15) is 12.8 Å². The summed E-state index contributed by atoms with van der Waals surface area (Å²) in [6, 6.07) is 0. The molecule has 1 fully saturated rings. The molecule has 1 atom stereocenters. The lowest BCUT2D eigenvalue weighted by Gasteiger charge is -2.39. The van der Waals surface area contributed by atoms with Crippen LogP contribution in [0.2, 0.25) is 0 Å². The predicted molar refractivity (Wildman–Crippen MR) is 73.6 cm³/mol. The van der Waals surface area contributed by atoms with Crippen molar-refractivity contribution >= 4 is 5.84 Å². The van der Waals surface area contributed by atoms with E-state index >= 15 is 0 Å². The number of rotatable bonds is 2. The van der Waals surface area contributed by atoms with E-state index in [0.717, 1.165) is 24.5 Å². The second-order valence-corrected chi connectivity index (χ2v) is 5.28. The minimum absolute atomic E-state index is 0.567. The highest BCUT2D eigenvalue weighted by Gasteiger charge is 2.39. The number of aliphatic hydroxyl groups is 2. The van der Waals surface area contributed by atoms with Crippen LogP contribution < -0.4 is 5.32 Å². The van der Waals surface area contributed by atoms with Crippen LogP contribution in [0.25, 0.3) is 0 Å². The molecule has 19 heavy (non-hydrogen) atoms. The fourth-order valence-electron chi connectivity index (χ4n) is 2.74. The van der Waals surface area contributed by atoms with Gasteiger partial charge in [-0.3, -0.25) is 0 Å². The van der Waals surface area contributed by atoms with Crippen LogP contribution >= 0.6 is 0 Å². The van der Waals surface area contributed by atoms with Gasteiger partial charge < -0.3 is 20.4 Å². The van der Waals surface area contributed by atoms with Gasteiger partial charge in [-0.05, 0) is 43.7 Å². The van der Waals surface area contributed by atoms with Crippen LogP contribution in [0.5, 0.6) is 0 Å². The van der Waals surface area contributed by atoms with Gasteiger partial charge in [0, 0.05) is 18.9 Å². The summed E-state index contributed by atoms with van der Waals surface area (Å²) in [7, 11) is 0. The highest BCUT2D eigenvalue weighted by Crippen LogP contribution is 2.28. The monoisotopic (exact) mass is 261 g/mol. The molecule has 1 unspecified atom stereocenters. The van der Waals surface area contributed by atoms with Crippen LogP contribution in [0.4, 0.5) is 0 Å². The first-order valence-corrected chi connectivity index (χ1v) is 6.68. The van der Waals surface area contributed by atoms with Crippen LogP contribution in [-0.2, 0) is 0 Å². The number of piperidine rings is 1. The van der Waals surface area contributed by atoms with Gasteiger partial charge in [0.25, 0.3) is 0 Å². The third-order valence-electron chi connectivity index (χ3n) is 3.96. The first-order chi connectivity index (χ1) is 9.19. The molecule has 0 aromatic rings. The van der Waals surface area contributed by atoms with Gasteiger partial charge in [0.2, 0.25) is 0 Å². The van der Waals surface area contributed by atoms with E-state index in [-0.39, 0.29) is 0 Å². The number of amidine groups is 1. The minimum Gasteiger partial charge on any atom is -0.387 e. The highest BCUT2D eigenvalue weighted by molar-refractivity contribution is 5.96. The fourth-order valence-corrected chi connectivity index (χ4v) is 2.74. The summed E-state index contributed by atoms with van der Waals surface area (Å²) in [5.41, 5.74) is -0.257. The molecule has 5 nitrogen and oxygen atoms in total. The standard InChI is InChI=1S/C14H19N3O2/c18-13(14(19)4-6-15-7-5-14)11-9-16-12-3-1-2-8-17(12)10-11/h1-3,8-9,13,15,18-19H,4-7,10H2. The van der Waals surface area contributed by atoms with Crippen molar-refractivity contribution in [2.75, 3.05) is 19.6 Å². The van der Waals surface area contributed by atoms with Gasteiger partial charge in [0.05, 0.1) is 5.60 Å². The van der Waals surface area contributed by atoms with Crippen molar-refractivity contribution in [2.45, 2.75) is 24.5 Å². The molecule has 1 saturated heterocycles. The number of aliphatic hydroxyl groups excluding tert-OH is 1. The summed E-state index contributed by atoms with van der Waals surface area (Å²) >= 11 is 0. The highest BCUT2D eigenvalue weighted by atomic mass is 16.3. The summed E-state index contributed by atoms with van der Waals surface area (Å²) in [5.74, 6) is 0.871. The molecule has 0 radical (unpaired) electrons. The predicted octanol–water partition coefficient (Wildman–Crippen LogP) is 0.143. The maximum absolute atomic E-state index is 10.6. The number of fused-ring (bicyclic) bond motifs is 1. The Morgan fingerprint density at radius 2 is 2.11 bits per heavy atom. The molecule has 3 rings (SSSR count). The van der Waals surface area contributed by atoms with Gasteiger partial charge in [-0.25, -0.2) is 4.99 Å². The normalized spacial score (nSPS) is 26.5. The molecule has 0 aliphatic carbocycles. The van der Waals surface area contributed by atoms with Crippen molar-refractivity contribution in [1.29, 1.82) is 0 Å². The van der Waals surface area contributed by atoms with Crippen LogP contribution in [0.3, 0.4) is 0 Å². The SMILES string of the molecule is OC(C1=CN=C2C=CC=CN2C1)C1(O)CCNCC1. The zero-order valence-electron chi connectivity index (χ0n) is 10.8. The van der Waals surface area contributed by atoms with Crippen molar-refractivity contribution in [3.05, 3.63) is 36.2 Å². The van der Waals surface area contributed by atoms with E-state index in [4.69, 9.17) is 0 Å². The van der Waals surface area contributed by atoms with Gasteiger partial charge in [0.1, 0.15) is 11.9 Å². The lowest BCUT2D eigenvalue weighted by Crippen LogP contribution is -2.52. The number of allylic oxidation sites excluding steroid dienone is 2. The number of hydrogen-bond donors (Lipinski definition) is 3. The minimum atomic E-state index is -1.03. The third-order valence-corrected chi connectivity index (χ3v) is 3.96. The molecule has 0 saturated carbocycles. The van der Waals surface area contributed by atoms with Gasteiger partial charge in [-0.2, -0.15) is 0 Å². The lowest BCUT2D eigenvalue weighted by atomic mass is 9.83. The Balaban J connectivity index is 1.79. The topological polar surface area (TPSA) is 68.1 Å². The molecular formula is C14H19N3O2. The summed E-state index contributed by atoms with van der Waals surface area (Å²) in [6.45, 7) is 2.06. The van der Waals surface area contributed by atoms with Gasteiger partial charge in [0.15, 0.2) is 0 Å². The van der Waals surface area contributed by atoms with Crippen molar-refractivity contribution in [3.8, 4) is 0 Å². The van der Waals surface area contributed by atoms with E-state index in [1.807, 2.05) is 29.3 Å².